The third-order valence-electron chi connectivity index (χ3n) is 3.39. The Morgan fingerprint density at radius 1 is 1.06 bits per heavy atom. The zero-order valence-electron chi connectivity index (χ0n) is 9.44. The van der Waals surface area contributed by atoms with Crippen molar-refractivity contribution in [2.75, 3.05) is 13.1 Å². The molecule has 0 radical (unpaired) electrons. The van der Waals surface area contributed by atoms with Gasteiger partial charge >= 0.3 is 0 Å². The van der Waals surface area contributed by atoms with Crippen LogP contribution in [0.3, 0.4) is 0 Å². The Balaban J connectivity index is 0.00000128. The van der Waals surface area contributed by atoms with Gasteiger partial charge in [0.25, 0.3) is 0 Å². The van der Waals surface area contributed by atoms with E-state index in [0.717, 1.165) is 38.6 Å². The highest BCUT2D eigenvalue weighted by Gasteiger charge is 2.30. The molecule has 0 aromatic heterocycles. The summed E-state index contributed by atoms with van der Waals surface area (Å²) in [5, 5.41) is 2.89. The molecule has 0 aromatic rings. The molecule has 1 aliphatic carbocycles. The second-order valence-corrected chi connectivity index (χ2v) is 6.60. The Hall–Kier alpha value is 0.160. The summed E-state index contributed by atoms with van der Waals surface area (Å²) in [5.74, 6) is 0. The second kappa shape index (κ2) is 6.19. The average molecular weight is 269 g/mol. The van der Waals surface area contributed by atoms with Crippen LogP contribution in [0.1, 0.15) is 38.5 Å². The van der Waals surface area contributed by atoms with E-state index >= 15 is 0 Å². The number of hydrogen-bond acceptors (Lipinski definition) is 3. The quantitative estimate of drug-likeness (QED) is 0.804. The Labute approximate surface area is 104 Å². The first-order valence-corrected chi connectivity index (χ1v) is 7.45. The minimum Gasteiger partial charge on any atom is -0.315 e. The van der Waals surface area contributed by atoms with Crippen LogP contribution >= 0.6 is 12.4 Å². The fourth-order valence-electron chi connectivity index (χ4n) is 2.44. The SMILES string of the molecule is Cl.O=S(=O)(NC1CCCCC1)C1CCNC1. The van der Waals surface area contributed by atoms with Crippen molar-refractivity contribution >= 4 is 22.4 Å². The van der Waals surface area contributed by atoms with Gasteiger partial charge in [0.05, 0.1) is 5.25 Å². The van der Waals surface area contributed by atoms with Crippen molar-refractivity contribution in [2.24, 2.45) is 0 Å². The highest BCUT2D eigenvalue weighted by Crippen LogP contribution is 2.19. The normalized spacial score (nSPS) is 27.6. The van der Waals surface area contributed by atoms with Crippen LogP contribution in [0.4, 0.5) is 0 Å². The van der Waals surface area contributed by atoms with Gasteiger partial charge in [-0.25, -0.2) is 13.1 Å². The van der Waals surface area contributed by atoms with E-state index in [9.17, 15) is 8.42 Å². The first-order valence-electron chi connectivity index (χ1n) is 5.90. The van der Waals surface area contributed by atoms with Crippen LogP contribution in [-0.4, -0.2) is 32.8 Å². The molecular formula is C10H21ClN2O2S. The van der Waals surface area contributed by atoms with Crippen molar-refractivity contribution in [1.82, 2.24) is 10.0 Å². The van der Waals surface area contributed by atoms with E-state index in [1.807, 2.05) is 0 Å². The van der Waals surface area contributed by atoms with Crippen molar-refractivity contribution < 1.29 is 8.42 Å². The van der Waals surface area contributed by atoms with E-state index < -0.39 is 10.0 Å². The van der Waals surface area contributed by atoms with Crippen molar-refractivity contribution in [2.45, 2.75) is 49.8 Å². The Kier molecular flexibility index (Phi) is 5.50. The van der Waals surface area contributed by atoms with E-state index in [4.69, 9.17) is 0 Å². The van der Waals surface area contributed by atoms with Crippen LogP contribution in [0.15, 0.2) is 0 Å². The maximum absolute atomic E-state index is 11.9. The Morgan fingerprint density at radius 2 is 1.75 bits per heavy atom. The number of hydrogen-bond donors (Lipinski definition) is 2. The van der Waals surface area contributed by atoms with Crippen molar-refractivity contribution in [1.29, 1.82) is 0 Å². The van der Waals surface area contributed by atoms with E-state index in [2.05, 4.69) is 10.0 Å². The first-order chi connectivity index (χ1) is 7.18. The molecule has 1 saturated heterocycles. The van der Waals surface area contributed by atoms with Crippen molar-refractivity contribution in [3.63, 3.8) is 0 Å². The molecule has 0 aromatic carbocycles. The Morgan fingerprint density at radius 3 is 2.31 bits per heavy atom. The number of sulfonamides is 1. The lowest BCUT2D eigenvalue weighted by Crippen LogP contribution is -2.42. The molecule has 1 aliphatic heterocycles. The summed E-state index contributed by atoms with van der Waals surface area (Å²) in [4.78, 5) is 0. The lowest BCUT2D eigenvalue weighted by molar-refractivity contribution is 0.410. The van der Waals surface area contributed by atoms with Gasteiger partial charge in [0.1, 0.15) is 0 Å². The van der Waals surface area contributed by atoms with Gasteiger partial charge in [0.15, 0.2) is 0 Å². The molecule has 0 amide bonds. The van der Waals surface area contributed by atoms with Crippen LogP contribution in [-0.2, 0) is 10.0 Å². The van der Waals surface area contributed by atoms with Crippen LogP contribution in [0, 0.1) is 0 Å². The highest BCUT2D eigenvalue weighted by atomic mass is 35.5. The van der Waals surface area contributed by atoms with E-state index in [1.54, 1.807) is 0 Å². The van der Waals surface area contributed by atoms with Gasteiger partial charge in [-0.2, -0.15) is 0 Å². The molecule has 2 fully saturated rings. The molecule has 1 saturated carbocycles. The lowest BCUT2D eigenvalue weighted by atomic mass is 9.96. The maximum atomic E-state index is 11.9. The van der Waals surface area contributed by atoms with Gasteiger partial charge in [-0.15, -0.1) is 12.4 Å². The van der Waals surface area contributed by atoms with Gasteiger partial charge in [-0.05, 0) is 25.8 Å². The minimum absolute atomic E-state index is 0. The smallest absolute Gasteiger partial charge is 0.216 e. The van der Waals surface area contributed by atoms with E-state index in [0.29, 0.717) is 6.54 Å². The highest BCUT2D eigenvalue weighted by molar-refractivity contribution is 7.90. The average Bonchev–Trinajstić information content (AvgIpc) is 2.71. The molecule has 1 atom stereocenters. The van der Waals surface area contributed by atoms with Crippen LogP contribution in [0.2, 0.25) is 0 Å². The standard InChI is InChI=1S/C10H20N2O2S.ClH/c13-15(14,10-6-7-11-8-10)12-9-4-2-1-3-5-9;/h9-12H,1-8H2;1H. The third kappa shape index (κ3) is 3.58. The van der Waals surface area contributed by atoms with Crippen molar-refractivity contribution in [3.05, 3.63) is 0 Å². The Bertz CT molecular complexity index is 296. The molecule has 2 aliphatic rings. The zero-order chi connectivity index (χ0) is 10.7. The monoisotopic (exact) mass is 268 g/mol. The number of halogens is 1. The topological polar surface area (TPSA) is 58.2 Å². The summed E-state index contributed by atoms with van der Waals surface area (Å²) in [6.07, 6.45) is 6.36. The van der Waals surface area contributed by atoms with Gasteiger partial charge in [0.2, 0.25) is 10.0 Å². The van der Waals surface area contributed by atoms with E-state index in [-0.39, 0.29) is 23.7 Å². The largest absolute Gasteiger partial charge is 0.315 e. The molecule has 2 N–H and O–H groups in total. The minimum atomic E-state index is -3.07. The molecule has 4 nitrogen and oxygen atoms in total. The molecule has 1 unspecified atom stereocenters. The van der Waals surface area contributed by atoms with Gasteiger partial charge in [-0.1, -0.05) is 19.3 Å². The molecular weight excluding hydrogens is 248 g/mol. The summed E-state index contributed by atoms with van der Waals surface area (Å²) in [7, 11) is -3.07. The fraction of sp³-hybridized carbons (Fsp3) is 1.00. The molecule has 16 heavy (non-hydrogen) atoms. The molecule has 0 spiro atoms. The molecule has 6 heteroatoms. The van der Waals surface area contributed by atoms with Crippen LogP contribution < -0.4 is 10.0 Å². The van der Waals surface area contributed by atoms with Crippen LogP contribution in [0.5, 0.6) is 0 Å². The van der Waals surface area contributed by atoms with Gasteiger partial charge in [0, 0.05) is 12.6 Å². The van der Waals surface area contributed by atoms with Gasteiger partial charge in [-0.3, -0.25) is 0 Å². The molecule has 2 rings (SSSR count). The first kappa shape index (κ1) is 14.2. The molecule has 1 heterocycles. The molecule has 96 valence electrons. The lowest BCUT2D eigenvalue weighted by Gasteiger charge is -2.24. The zero-order valence-corrected chi connectivity index (χ0v) is 11.1. The molecule has 0 bridgehead atoms. The van der Waals surface area contributed by atoms with Crippen LogP contribution in [0.25, 0.3) is 0 Å². The van der Waals surface area contributed by atoms with Gasteiger partial charge < -0.3 is 5.32 Å². The summed E-state index contributed by atoms with van der Waals surface area (Å²) < 4.78 is 26.8. The summed E-state index contributed by atoms with van der Waals surface area (Å²) in [6, 6.07) is 0.198. The predicted octanol–water partition coefficient (Wildman–Crippen LogP) is 1.02. The van der Waals surface area contributed by atoms with Crippen molar-refractivity contribution in [3.8, 4) is 0 Å². The summed E-state index contributed by atoms with van der Waals surface area (Å²) >= 11 is 0. The fourth-order valence-corrected chi connectivity index (χ4v) is 4.10. The number of rotatable bonds is 3. The predicted molar refractivity (Wildman–Crippen MR) is 67.5 cm³/mol. The summed E-state index contributed by atoms with van der Waals surface area (Å²) in [5.41, 5.74) is 0. The number of nitrogens with one attached hydrogen (secondary N) is 2. The summed E-state index contributed by atoms with van der Waals surface area (Å²) in [6.45, 7) is 1.44. The maximum Gasteiger partial charge on any atom is 0.216 e. The van der Waals surface area contributed by atoms with E-state index in [1.165, 1.54) is 6.42 Å². The second-order valence-electron chi connectivity index (χ2n) is 4.61. The third-order valence-corrected chi connectivity index (χ3v) is 5.33.